The van der Waals surface area contributed by atoms with Crippen molar-refractivity contribution in [1.82, 2.24) is 4.98 Å². The first-order valence-corrected chi connectivity index (χ1v) is 5.19. The van der Waals surface area contributed by atoms with Crippen LogP contribution in [0.1, 0.15) is 11.1 Å². The molecule has 0 saturated carbocycles. The van der Waals surface area contributed by atoms with Gasteiger partial charge in [-0.15, -0.1) is 0 Å². The summed E-state index contributed by atoms with van der Waals surface area (Å²) in [5.74, 6) is 0.628. The van der Waals surface area contributed by atoms with Crippen molar-refractivity contribution >= 4 is 0 Å². The van der Waals surface area contributed by atoms with Crippen LogP contribution in [0.5, 0.6) is 11.6 Å². The molecule has 0 aliphatic rings. The molecule has 0 radical (unpaired) electrons. The van der Waals surface area contributed by atoms with Gasteiger partial charge in [-0.2, -0.15) is 0 Å². The zero-order valence-corrected chi connectivity index (χ0v) is 9.35. The molecule has 0 atom stereocenters. The van der Waals surface area contributed by atoms with Gasteiger partial charge in [0.1, 0.15) is 11.6 Å². The number of hydrogen-bond donors (Lipinski definition) is 1. The second kappa shape index (κ2) is 4.93. The number of pyridine rings is 1. The Morgan fingerprint density at radius 2 is 2.12 bits per heavy atom. The van der Waals surface area contributed by atoms with Crippen LogP contribution < -0.4 is 4.74 Å². The third kappa shape index (κ3) is 2.79. The van der Waals surface area contributed by atoms with Gasteiger partial charge < -0.3 is 9.84 Å². The maximum Gasteiger partial charge on any atom is 0.219 e. The van der Waals surface area contributed by atoms with E-state index in [2.05, 4.69) is 4.98 Å². The molecule has 1 aromatic heterocycles. The van der Waals surface area contributed by atoms with E-state index in [0.29, 0.717) is 22.8 Å². The number of ether oxygens (including phenoxy) is 1. The van der Waals surface area contributed by atoms with E-state index < -0.39 is 0 Å². The van der Waals surface area contributed by atoms with Crippen molar-refractivity contribution in [2.45, 2.75) is 13.5 Å². The fraction of sp³-hybridized carbons (Fsp3) is 0.154. The van der Waals surface area contributed by atoms with E-state index in [1.807, 2.05) is 0 Å². The van der Waals surface area contributed by atoms with E-state index in [0.717, 1.165) is 0 Å². The summed E-state index contributed by atoms with van der Waals surface area (Å²) in [5, 5.41) is 8.98. The van der Waals surface area contributed by atoms with Crippen molar-refractivity contribution in [1.29, 1.82) is 0 Å². The number of aliphatic hydroxyl groups excluding tert-OH is 1. The third-order valence-electron chi connectivity index (χ3n) is 2.33. The Bertz CT molecular complexity index is 529. The molecule has 2 rings (SSSR count). The molecule has 0 aliphatic heterocycles. The van der Waals surface area contributed by atoms with Crippen molar-refractivity contribution in [2.24, 2.45) is 0 Å². The maximum absolute atomic E-state index is 13.1. The highest BCUT2D eigenvalue weighted by molar-refractivity contribution is 5.32. The summed E-state index contributed by atoms with van der Waals surface area (Å²) in [4.78, 5) is 4.01. The lowest BCUT2D eigenvalue weighted by Crippen LogP contribution is -1.91. The van der Waals surface area contributed by atoms with Crippen molar-refractivity contribution < 1.29 is 14.2 Å². The second-order valence-corrected chi connectivity index (χ2v) is 3.67. The lowest BCUT2D eigenvalue weighted by Gasteiger charge is -2.06. The Balaban J connectivity index is 2.22. The standard InChI is InChI=1S/C13H12FNO2/c1-9-6-11(2-3-12(9)14)17-13-7-10(8-16)4-5-15-13/h2-7,16H,8H2,1H3. The van der Waals surface area contributed by atoms with E-state index in [1.165, 1.54) is 12.1 Å². The van der Waals surface area contributed by atoms with Crippen molar-refractivity contribution in [3.63, 3.8) is 0 Å². The van der Waals surface area contributed by atoms with Crippen LogP contribution in [0.3, 0.4) is 0 Å². The van der Waals surface area contributed by atoms with Gasteiger partial charge in [0.05, 0.1) is 6.61 Å². The van der Waals surface area contributed by atoms with Gasteiger partial charge >= 0.3 is 0 Å². The zero-order valence-electron chi connectivity index (χ0n) is 9.35. The average molecular weight is 233 g/mol. The number of aromatic nitrogens is 1. The number of aryl methyl sites for hydroxylation is 1. The highest BCUT2D eigenvalue weighted by Gasteiger charge is 2.03. The van der Waals surface area contributed by atoms with E-state index in [-0.39, 0.29) is 12.4 Å². The Labute approximate surface area is 98.5 Å². The number of rotatable bonds is 3. The summed E-state index contributed by atoms with van der Waals surface area (Å²) in [6.07, 6.45) is 1.55. The fourth-order valence-corrected chi connectivity index (χ4v) is 1.41. The van der Waals surface area contributed by atoms with Gasteiger partial charge in [-0.25, -0.2) is 9.37 Å². The highest BCUT2D eigenvalue weighted by Crippen LogP contribution is 2.22. The molecular weight excluding hydrogens is 221 g/mol. The number of aliphatic hydroxyl groups is 1. The second-order valence-electron chi connectivity index (χ2n) is 3.67. The molecule has 3 nitrogen and oxygen atoms in total. The molecule has 0 amide bonds. The number of halogens is 1. The lowest BCUT2D eigenvalue weighted by atomic mass is 10.2. The van der Waals surface area contributed by atoms with Crippen LogP contribution in [-0.2, 0) is 6.61 Å². The fourth-order valence-electron chi connectivity index (χ4n) is 1.41. The van der Waals surface area contributed by atoms with Gasteiger partial charge in [-0.05, 0) is 42.3 Å². The topological polar surface area (TPSA) is 42.4 Å². The Morgan fingerprint density at radius 1 is 1.29 bits per heavy atom. The number of benzene rings is 1. The summed E-state index contributed by atoms with van der Waals surface area (Å²) in [5.41, 5.74) is 1.23. The largest absolute Gasteiger partial charge is 0.439 e. The average Bonchev–Trinajstić information content (AvgIpc) is 2.34. The molecule has 2 aromatic rings. The quantitative estimate of drug-likeness (QED) is 0.886. The van der Waals surface area contributed by atoms with E-state index in [4.69, 9.17) is 9.84 Å². The molecule has 88 valence electrons. The Kier molecular flexibility index (Phi) is 3.35. The van der Waals surface area contributed by atoms with E-state index in [1.54, 1.807) is 31.3 Å². The summed E-state index contributed by atoms with van der Waals surface area (Å²) in [6.45, 7) is 1.60. The van der Waals surface area contributed by atoms with Gasteiger partial charge in [-0.1, -0.05) is 0 Å². The summed E-state index contributed by atoms with van der Waals surface area (Å²) in [7, 11) is 0. The van der Waals surface area contributed by atoms with Crippen LogP contribution in [0.4, 0.5) is 4.39 Å². The van der Waals surface area contributed by atoms with Crippen LogP contribution in [-0.4, -0.2) is 10.1 Å². The molecule has 0 bridgehead atoms. The van der Waals surface area contributed by atoms with Crippen molar-refractivity contribution in [2.75, 3.05) is 0 Å². The molecule has 0 aliphatic carbocycles. The molecule has 1 heterocycles. The molecule has 0 fully saturated rings. The van der Waals surface area contributed by atoms with Gasteiger partial charge in [0.25, 0.3) is 0 Å². The first-order chi connectivity index (χ1) is 8.19. The highest BCUT2D eigenvalue weighted by atomic mass is 19.1. The van der Waals surface area contributed by atoms with Crippen molar-refractivity contribution in [3.8, 4) is 11.6 Å². The monoisotopic (exact) mass is 233 g/mol. The lowest BCUT2D eigenvalue weighted by molar-refractivity contribution is 0.281. The normalized spacial score (nSPS) is 10.3. The molecule has 0 spiro atoms. The first kappa shape index (κ1) is 11.5. The minimum absolute atomic E-state index is 0.0681. The summed E-state index contributed by atoms with van der Waals surface area (Å²) < 4.78 is 18.5. The summed E-state index contributed by atoms with van der Waals surface area (Å²) >= 11 is 0. The third-order valence-corrected chi connectivity index (χ3v) is 2.33. The Morgan fingerprint density at radius 3 is 2.82 bits per heavy atom. The van der Waals surface area contributed by atoms with Gasteiger partial charge in [0, 0.05) is 12.3 Å². The minimum Gasteiger partial charge on any atom is -0.439 e. The first-order valence-electron chi connectivity index (χ1n) is 5.19. The molecule has 0 unspecified atom stereocenters. The molecular formula is C13H12FNO2. The molecule has 0 saturated heterocycles. The van der Waals surface area contributed by atoms with Crippen molar-refractivity contribution in [3.05, 3.63) is 53.5 Å². The predicted octanol–water partition coefficient (Wildman–Crippen LogP) is 2.81. The predicted molar refractivity (Wildman–Crippen MR) is 61.4 cm³/mol. The van der Waals surface area contributed by atoms with Gasteiger partial charge in [0.2, 0.25) is 5.88 Å². The van der Waals surface area contributed by atoms with E-state index in [9.17, 15) is 4.39 Å². The maximum atomic E-state index is 13.1. The minimum atomic E-state index is -0.269. The molecule has 17 heavy (non-hydrogen) atoms. The van der Waals surface area contributed by atoms with Crippen LogP contribution in [0.25, 0.3) is 0 Å². The molecule has 1 N–H and O–H groups in total. The van der Waals surface area contributed by atoms with Crippen LogP contribution >= 0.6 is 0 Å². The van der Waals surface area contributed by atoms with Gasteiger partial charge in [0.15, 0.2) is 0 Å². The Hall–Kier alpha value is -1.94. The van der Waals surface area contributed by atoms with Crippen LogP contribution in [0.15, 0.2) is 36.5 Å². The molecule has 4 heteroatoms. The zero-order chi connectivity index (χ0) is 12.3. The van der Waals surface area contributed by atoms with Gasteiger partial charge in [-0.3, -0.25) is 0 Å². The van der Waals surface area contributed by atoms with Crippen LogP contribution in [0.2, 0.25) is 0 Å². The smallest absolute Gasteiger partial charge is 0.219 e. The number of nitrogens with zero attached hydrogens (tertiary/aromatic N) is 1. The van der Waals surface area contributed by atoms with Crippen LogP contribution in [0, 0.1) is 12.7 Å². The summed E-state index contributed by atoms with van der Waals surface area (Å²) in [6, 6.07) is 7.82. The number of hydrogen-bond acceptors (Lipinski definition) is 3. The van der Waals surface area contributed by atoms with E-state index >= 15 is 0 Å². The molecule has 1 aromatic carbocycles. The SMILES string of the molecule is Cc1cc(Oc2cc(CO)ccn2)ccc1F.